The zero-order valence-electron chi connectivity index (χ0n) is 13.8. The van der Waals surface area contributed by atoms with Gasteiger partial charge in [0.05, 0.1) is 12.5 Å². The van der Waals surface area contributed by atoms with E-state index in [2.05, 4.69) is 33.8 Å². The van der Waals surface area contributed by atoms with Crippen molar-refractivity contribution in [2.24, 2.45) is 23.2 Å². The highest BCUT2D eigenvalue weighted by Crippen LogP contribution is 2.45. The Kier molecular flexibility index (Phi) is 5.13. The number of unbranched alkanes of at least 4 members (excludes halogenated alkanes) is 1. The maximum absolute atomic E-state index is 11.4. The van der Waals surface area contributed by atoms with Gasteiger partial charge in [-0.05, 0) is 30.1 Å². The second-order valence-electron chi connectivity index (χ2n) is 7.61. The predicted octanol–water partition coefficient (Wildman–Crippen LogP) is 3.71. The molecule has 0 aromatic heterocycles. The van der Waals surface area contributed by atoms with E-state index in [0.717, 1.165) is 25.7 Å². The Balaban J connectivity index is 1.98. The third-order valence-electron chi connectivity index (χ3n) is 5.41. The van der Waals surface area contributed by atoms with Crippen LogP contribution in [0, 0.1) is 23.2 Å². The van der Waals surface area contributed by atoms with Crippen LogP contribution in [0.15, 0.2) is 12.2 Å². The molecule has 2 fully saturated rings. The van der Waals surface area contributed by atoms with Crippen molar-refractivity contribution in [1.82, 2.24) is 0 Å². The van der Waals surface area contributed by atoms with Crippen LogP contribution in [0.1, 0.15) is 59.8 Å². The number of hydrogen-bond donors (Lipinski definition) is 1. The molecule has 1 heterocycles. The maximum Gasteiger partial charge on any atom is 0.306 e. The molecule has 21 heavy (non-hydrogen) atoms. The topological polar surface area (TPSA) is 46.5 Å². The number of allylic oxidation sites excluding steroid dienone is 1. The number of carbonyl (C=O) groups excluding carboxylic acids is 1. The fraction of sp³-hybridized carbons (Fsp3) is 0.833. The summed E-state index contributed by atoms with van der Waals surface area (Å²) in [6.45, 7) is 8.65. The second kappa shape index (κ2) is 6.51. The molecule has 1 aliphatic heterocycles. The summed E-state index contributed by atoms with van der Waals surface area (Å²) in [5.74, 6) is 1.14. The van der Waals surface area contributed by atoms with E-state index in [1.54, 1.807) is 0 Å². The van der Waals surface area contributed by atoms with Crippen LogP contribution in [0.3, 0.4) is 0 Å². The molecular weight excluding hydrogens is 264 g/mol. The standard InChI is InChI=1S/C18H30O3/c1-5-6-9-18(3,4)16(19)8-7-13-12(2)10-15-14(13)11-17(20)21-15/h7-8,12-16,19H,5-6,9-11H2,1-4H3/b8-7+. The fourth-order valence-electron chi connectivity index (χ4n) is 3.79. The largest absolute Gasteiger partial charge is 0.462 e. The third kappa shape index (κ3) is 3.68. The summed E-state index contributed by atoms with van der Waals surface area (Å²) in [7, 11) is 0. The Labute approximate surface area is 128 Å². The number of esters is 1. The normalized spacial score (nSPS) is 34.2. The lowest BCUT2D eigenvalue weighted by atomic mass is 9.80. The van der Waals surface area contributed by atoms with E-state index in [1.807, 2.05) is 6.08 Å². The molecule has 3 nitrogen and oxygen atoms in total. The first-order valence-corrected chi connectivity index (χ1v) is 8.41. The average molecular weight is 294 g/mol. The zero-order chi connectivity index (χ0) is 15.6. The van der Waals surface area contributed by atoms with Gasteiger partial charge < -0.3 is 9.84 Å². The molecule has 5 unspecified atom stereocenters. The van der Waals surface area contributed by atoms with Gasteiger partial charge in [-0.3, -0.25) is 4.79 Å². The van der Waals surface area contributed by atoms with E-state index in [1.165, 1.54) is 0 Å². The average Bonchev–Trinajstić information content (AvgIpc) is 2.89. The van der Waals surface area contributed by atoms with E-state index in [9.17, 15) is 9.90 Å². The van der Waals surface area contributed by atoms with Crippen molar-refractivity contribution >= 4 is 5.97 Å². The summed E-state index contributed by atoms with van der Waals surface area (Å²) in [6, 6.07) is 0. The Morgan fingerprint density at radius 2 is 2.19 bits per heavy atom. The monoisotopic (exact) mass is 294 g/mol. The molecule has 0 aromatic carbocycles. The SMILES string of the molecule is CCCCC(C)(C)C(O)/C=C/C1C(C)CC2OC(=O)CC21. The van der Waals surface area contributed by atoms with Gasteiger partial charge in [-0.2, -0.15) is 0 Å². The number of hydrogen-bond acceptors (Lipinski definition) is 3. The fourth-order valence-corrected chi connectivity index (χ4v) is 3.79. The lowest BCUT2D eigenvalue weighted by Gasteiger charge is -2.29. The summed E-state index contributed by atoms with van der Waals surface area (Å²) >= 11 is 0. The molecule has 0 bridgehead atoms. The van der Waals surface area contributed by atoms with Gasteiger partial charge >= 0.3 is 5.97 Å². The van der Waals surface area contributed by atoms with Gasteiger partial charge in [-0.25, -0.2) is 0 Å². The van der Waals surface area contributed by atoms with Crippen LogP contribution in [0.25, 0.3) is 0 Å². The first-order valence-electron chi connectivity index (χ1n) is 8.41. The Hall–Kier alpha value is -0.830. The summed E-state index contributed by atoms with van der Waals surface area (Å²) in [6.07, 6.45) is 8.62. The predicted molar refractivity (Wildman–Crippen MR) is 83.7 cm³/mol. The molecule has 0 radical (unpaired) electrons. The van der Waals surface area contributed by atoms with E-state index in [0.29, 0.717) is 24.2 Å². The lowest BCUT2D eigenvalue weighted by molar-refractivity contribution is -0.141. The van der Waals surface area contributed by atoms with Gasteiger partial charge in [0.1, 0.15) is 6.10 Å². The smallest absolute Gasteiger partial charge is 0.306 e. The molecule has 5 atom stereocenters. The van der Waals surface area contributed by atoms with Gasteiger partial charge in [-0.15, -0.1) is 0 Å². The molecule has 120 valence electrons. The van der Waals surface area contributed by atoms with Crippen molar-refractivity contribution in [2.45, 2.75) is 72.0 Å². The molecular formula is C18H30O3. The van der Waals surface area contributed by atoms with Crippen LogP contribution in [-0.2, 0) is 9.53 Å². The number of aliphatic hydroxyl groups excluding tert-OH is 1. The third-order valence-corrected chi connectivity index (χ3v) is 5.41. The van der Waals surface area contributed by atoms with E-state index in [4.69, 9.17) is 4.74 Å². The molecule has 0 spiro atoms. The quantitative estimate of drug-likeness (QED) is 0.600. The molecule has 2 aliphatic rings. The molecule has 1 saturated carbocycles. The van der Waals surface area contributed by atoms with Crippen LogP contribution >= 0.6 is 0 Å². The highest BCUT2D eigenvalue weighted by molar-refractivity contribution is 5.72. The number of ether oxygens (including phenoxy) is 1. The van der Waals surface area contributed by atoms with Gasteiger partial charge in [0.15, 0.2) is 0 Å². The summed E-state index contributed by atoms with van der Waals surface area (Å²) in [5.41, 5.74) is -0.0876. The first kappa shape index (κ1) is 16.5. The Morgan fingerprint density at radius 3 is 2.86 bits per heavy atom. The molecule has 1 aliphatic carbocycles. The lowest BCUT2D eigenvalue weighted by Crippen LogP contribution is -2.28. The van der Waals surface area contributed by atoms with Crippen LogP contribution in [0.4, 0.5) is 0 Å². The van der Waals surface area contributed by atoms with E-state index >= 15 is 0 Å². The van der Waals surface area contributed by atoms with Crippen LogP contribution < -0.4 is 0 Å². The Morgan fingerprint density at radius 1 is 1.48 bits per heavy atom. The summed E-state index contributed by atoms with van der Waals surface area (Å²) in [4.78, 5) is 11.4. The molecule has 1 saturated heterocycles. The summed E-state index contributed by atoms with van der Waals surface area (Å²) < 4.78 is 5.38. The van der Waals surface area contributed by atoms with Crippen molar-refractivity contribution in [3.8, 4) is 0 Å². The first-order chi connectivity index (χ1) is 9.85. The minimum Gasteiger partial charge on any atom is -0.462 e. The second-order valence-corrected chi connectivity index (χ2v) is 7.61. The molecule has 3 heteroatoms. The summed E-state index contributed by atoms with van der Waals surface area (Å²) in [5, 5.41) is 10.5. The minimum atomic E-state index is -0.423. The highest BCUT2D eigenvalue weighted by Gasteiger charge is 2.47. The van der Waals surface area contributed by atoms with Crippen molar-refractivity contribution in [2.75, 3.05) is 0 Å². The van der Waals surface area contributed by atoms with E-state index in [-0.39, 0.29) is 17.5 Å². The molecule has 0 aromatic rings. The Bertz CT molecular complexity index is 399. The van der Waals surface area contributed by atoms with Crippen LogP contribution in [0.5, 0.6) is 0 Å². The zero-order valence-corrected chi connectivity index (χ0v) is 13.8. The maximum atomic E-state index is 11.4. The van der Waals surface area contributed by atoms with Gasteiger partial charge in [-0.1, -0.05) is 52.7 Å². The number of rotatable bonds is 6. The molecule has 1 N–H and O–H groups in total. The number of aliphatic hydroxyl groups is 1. The number of carbonyl (C=O) groups is 1. The van der Waals surface area contributed by atoms with Crippen molar-refractivity contribution in [3.05, 3.63) is 12.2 Å². The van der Waals surface area contributed by atoms with Gasteiger partial charge in [0, 0.05) is 5.92 Å². The van der Waals surface area contributed by atoms with Crippen molar-refractivity contribution in [3.63, 3.8) is 0 Å². The van der Waals surface area contributed by atoms with Crippen molar-refractivity contribution in [1.29, 1.82) is 0 Å². The number of fused-ring (bicyclic) bond motifs is 1. The van der Waals surface area contributed by atoms with E-state index < -0.39 is 6.10 Å². The van der Waals surface area contributed by atoms with Crippen LogP contribution in [0.2, 0.25) is 0 Å². The van der Waals surface area contributed by atoms with Gasteiger partial charge in [0.2, 0.25) is 0 Å². The van der Waals surface area contributed by atoms with Crippen molar-refractivity contribution < 1.29 is 14.6 Å². The highest BCUT2D eigenvalue weighted by atomic mass is 16.6. The van der Waals surface area contributed by atoms with Crippen LogP contribution in [-0.4, -0.2) is 23.3 Å². The molecule has 0 amide bonds. The molecule has 2 rings (SSSR count). The minimum absolute atomic E-state index is 0.0564. The van der Waals surface area contributed by atoms with Gasteiger partial charge in [0.25, 0.3) is 0 Å².